The number of pyridine rings is 1. The molecule has 0 amide bonds. The monoisotopic (exact) mass is 305 g/mol. The fourth-order valence-corrected chi connectivity index (χ4v) is 2.00. The van der Waals surface area contributed by atoms with Crippen LogP contribution < -0.4 is 9.64 Å². The molecule has 9 heteroatoms. The first-order chi connectivity index (χ1) is 9.63. The summed E-state index contributed by atoms with van der Waals surface area (Å²) in [7, 11) is 2.36. The molecule has 0 atom stereocenters. The zero-order chi connectivity index (χ0) is 15.1. The van der Waals surface area contributed by atoms with Crippen LogP contribution in [0.3, 0.4) is 0 Å². The van der Waals surface area contributed by atoms with Crippen LogP contribution in [0.4, 0.5) is 11.5 Å². The number of anilines is 1. The number of hydrogen-bond donors (Lipinski definition) is 1. The molecule has 1 fully saturated rings. The molecule has 8 nitrogen and oxygen atoms in total. The number of nitrogens with zero attached hydrogens (tertiary/aromatic N) is 3. The van der Waals surface area contributed by atoms with E-state index in [1.165, 1.54) is 13.2 Å². The van der Waals surface area contributed by atoms with E-state index in [2.05, 4.69) is 4.98 Å². The number of rotatable bonds is 3. The van der Waals surface area contributed by atoms with E-state index >= 15 is 0 Å². The molecule has 0 bridgehead atoms. The summed E-state index contributed by atoms with van der Waals surface area (Å²) in [6.07, 6.45) is 0. The lowest BCUT2D eigenvalue weighted by molar-refractivity contribution is -0.385. The van der Waals surface area contributed by atoms with Gasteiger partial charge in [-0.25, -0.2) is 4.98 Å². The van der Waals surface area contributed by atoms with Crippen LogP contribution in [0.2, 0.25) is 5.15 Å². The molecule has 1 aromatic rings. The number of aromatic nitrogens is 1. The van der Waals surface area contributed by atoms with Gasteiger partial charge < -0.3 is 19.5 Å². The van der Waals surface area contributed by atoms with Crippen molar-refractivity contribution in [3.63, 3.8) is 0 Å². The fraction of sp³-hybridized carbons (Fsp3) is 0.545. The Labute approximate surface area is 121 Å². The van der Waals surface area contributed by atoms with E-state index in [0.717, 1.165) is 7.11 Å². The third kappa shape index (κ3) is 3.69. The Bertz CT molecular complexity index is 466. The molecule has 0 aliphatic carbocycles. The van der Waals surface area contributed by atoms with E-state index in [1.54, 1.807) is 0 Å². The molecule has 112 valence electrons. The van der Waals surface area contributed by atoms with E-state index < -0.39 is 4.92 Å². The molecule has 20 heavy (non-hydrogen) atoms. The summed E-state index contributed by atoms with van der Waals surface area (Å²) in [6.45, 7) is 2.53. The molecule has 1 aromatic heterocycles. The van der Waals surface area contributed by atoms with Crippen LogP contribution in [0.25, 0.3) is 0 Å². The topological polar surface area (TPSA) is 98.0 Å². The maximum Gasteiger partial charge on any atom is 0.348 e. The van der Waals surface area contributed by atoms with E-state index in [1.807, 2.05) is 4.90 Å². The third-order valence-corrected chi connectivity index (χ3v) is 2.90. The summed E-state index contributed by atoms with van der Waals surface area (Å²) >= 11 is 5.84. The lowest BCUT2D eigenvalue weighted by Crippen LogP contribution is -2.36. The smallest absolute Gasteiger partial charge is 0.348 e. The van der Waals surface area contributed by atoms with Gasteiger partial charge in [0.2, 0.25) is 10.9 Å². The van der Waals surface area contributed by atoms with Gasteiger partial charge in [-0.1, -0.05) is 11.6 Å². The van der Waals surface area contributed by atoms with Gasteiger partial charge in [0.05, 0.1) is 25.2 Å². The summed E-state index contributed by atoms with van der Waals surface area (Å²) in [5.41, 5.74) is -0.309. The second-order valence-electron chi connectivity index (χ2n) is 3.68. The zero-order valence-corrected chi connectivity index (χ0v) is 12.0. The molecule has 0 aromatic carbocycles. The highest BCUT2D eigenvalue weighted by atomic mass is 35.5. The third-order valence-electron chi connectivity index (χ3n) is 2.64. The highest BCUT2D eigenvalue weighted by molar-refractivity contribution is 6.31. The van der Waals surface area contributed by atoms with Gasteiger partial charge in [0, 0.05) is 26.3 Å². The van der Waals surface area contributed by atoms with Gasteiger partial charge in [-0.3, -0.25) is 10.1 Å². The molecule has 2 heterocycles. The first-order valence-electron chi connectivity index (χ1n) is 5.80. The van der Waals surface area contributed by atoms with Crippen molar-refractivity contribution in [2.45, 2.75) is 0 Å². The summed E-state index contributed by atoms with van der Waals surface area (Å²) < 4.78 is 10.2. The summed E-state index contributed by atoms with van der Waals surface area (Å²) in [5, 5.41) is 17.7. The summed E-state index contributed by atoms with van der Waals surface area (Å²) in [4.78, 5) is 16.2. The SMILES string of the molecule is CO.COc1cc(N2CCOCC2)nc(Cl)c1[N+](=O)[O-]. The van der Waals surface area contributed by atoms with Crippen molar-refractivity contribution < 1.29 is 19.5 Å². The lowest BCUT2D eigenvalue weighted by Gasteiger charge is -2.27. The minimum atomic E-state index is -0.600. The van der Waals surface area contributed by atoms with Gasteiger partial charge in [0.1, 0.15) is 5.82 Å². The molecular formula is C11H16ClN3O5. The maximum atomic E-state index is 10.9. The van der Waals surface area contributed by atoms with Crippen molar-refractivity contribution >= 4 is 23.1 Å². The van der Waals surface area contributed by atoms with Crippen LogP contribution in [-0.4, -0.2) is 55.5 Å². The van der Waals surface area contributed by atoms with Crippen molar-refractivity contribution in [2.24, 2.45) is 0 Å². The van der Waals surface area contributed by atoms with Crippen LogP contribution in [0, 0.1) is 10.1 Å². The van der Waals surface area contributed by atoms with Crippen LogP contribution in [0.1, 0.15) is 0 Å². The molecule has 0 saturated carbocycles. The standard InChI is InChI=1S/C10H12ClN3O4.CH4O/c1-17-7-6-8(13-2-4-18-5-3-13)12-10(11)9(7)14(15)16;1-2/h6H,2-5H2,1H3;2H,1H3. The van der Waals surface area contributed by atoms with Crippen molar-refractivity contribution in [1.29, 1.82) is 0 Å². The molecule has 1 saturated heterocycles. The normalized spacial score (nSPS) is 14.3. The highest BCUT2D eigenvalue weighted by Gasteiger charge is 2.25. The first kappa shape index (κ1) is 16.4. The van der Waals surface area contributed by atoms with Gasteiger partial charge in [-0.05, 0) is 0 Å². The number of methoxy groups -OCH3 is 1. The molecule has 2 rings (SSSR count). The summed E-state index contributed by atoms with van der Waals surface area (Å²) in [5.74, 6) is 0.673. The minimum absolute atomic E-state index is 0.112. The van der Waals surface area contributed by atoms with E-state index in [4.69, 9.17) is 26.2 Å². The van der Waals surface area contributed by atoms with Crippen LogP contribution in [-0.2, 0) is 4.74 Å². The summed E-state index contributed by atoms with van der Waals surface area (Å²) in [6, 6.07) is 1.52. The largest absolute Gasteiger partial charge is 0.490 e. The molecule has 0 spiro atoms. The van der Waals surface area contributed by atoms with Gasteiger partial charge in [-0.15, -0.1) is 0 Å². The Balaban J connectivity index is 0.000000956. The van der Waals surface area contributed by atoms with E-state index in [-0.39, 0.29) is 16.6 Å². The average Bonchev–Trinajstić information content (AvgIpc) is 2.48. The number of nitro groups is 1. The lowest BCUT2D eigenvalue weighted by atomic mass is 10.3. The Hall–Kier alpha value is -1.64. The zero-order valence-electron chi connectivity index (χ0n) is 11.2. The van der Waals surface area contributed by atoms with E-state index in [9.17, 15) is 10.1 Å². The van der Waals surface area contributed by atoms with Crippen molar-refractivity contribution in [3.05, 3.63) is 21.3 Å². The van der Waals surface area contributed by atoms with Gasteiger partial charge in [-0.2, -0.15) is 0 Å². The second-order valence-corrected chi connectivity index (χ2v) is 4.04. The molecule has 0 radical (unpaired) electrons. The molecule has 0 unspecified atom stereocenters. The van der Waals surface area contributed by atoms with Crippen molar-refractivity contribution in [3.8, 4) is 5.75 Å². The quantitative estimate of drug-likeness (QED) is 0.507. The predicted octanol–water partition coefficient (Wildman–Crippen LogP) is 1.10. The van der Waals surface area contributed by atoms with E-state index in [0.29, 0.717) is 32.1 Å². The number of aliphatic hydroxyl groups excluding tert-OH is 1. The van der Waals surface area contributed by atoms with Gasteiger partial charge in [0.25, 0.3) is 0 Å². The first-order valence-corrected chi connectivity index (χ1v) is 6.17. The molecule has 1 aliphatic heterocycles. The van der Waals surface area contributed by atoms with Crippen molar-refractivity contribution in [2.75, 3.05) is 45.4 Å². The number of hydrogen-bond acceptors (Lipinski definition) is 7. The molecule has 1 N–H and O–H groups in total. The second kappa shape index (κ2) is 7.83. The van der Waals surface area contributed by atoms with Crippen LogP contribution >= 0.6 is 11.6 Å². The number of ether oxygens (including phenoxy) is 2. The van der Waals surface area contributed by atoms with Gasteiger partial charge in [0.15, 0.2) is 0 Å². The molecule has 1 aliphatic rings. The minimum Gasteiger partial charge on any atom is -0.490 e. The Morgan fingerprint density at radius 1 is 1.50 bits per heavy atom. The molecular weight excluding hydrogens is 290 g/mol. The Kier molecular flexibility index (Phi) is 6.43. The van der Waals surface area contributed by atoms with Crippen LogP contribution in [0.5, 0.6) is 5.75 Å². The average molecular weight is 306 g/mol. The van der Waals surface area contributed by atoms with Crippen molar-refractivity contribution in [1.82, 2.24) is 4.98 Å². The van der Waals surface area contributed by atoms with Crippen LogP contribution in [0.15, 0.2) is 6.07 Å². The highest BCUT2D eigenvalue weighted by Crippen LogP contribution is 2.36. The Morgan fingerprint density at radius 3 is 2.60 bits per heavy atom. The Morgan fingerprint density at radius 2 is 2.10 bits per heavy atom. The van der Waals surface area contributed by atoms with Gasteiger partial charge >= 0.3 is 5.69 Å². The predicted molar refractivity (Wildman–Crippen MR) is 73.6 cm³/mol. The fourth-order valence-electron chi connectivity index (χ4n) is 1.75. The number of halogens is 1. The number of aliphatic hydroxyl groups is 1. The number of morpholine rings is 1. The maximum absolute atomic E-state index is 10.9.